The van der Waals surface area contributed by atoms with Crippen LogP contribution in [-0.2, 0) is 4.79 Å². The smallest absolute Gasteiger partial charge is 0.146 e. The quantitative estimate of drug-likeness (QED) is 0.343. The number of carbonyl (C=O) groups is 1. The van der Waals surface area contributed by atoms with E-state index in [1.807, 2.05) is 12.1 Å². The van der Waals surface area contributed by atoms with Gasteiger partial charge in [0.1, 0.15) is 6.29 Å². The van der Waals surface area contributed by atoms with Gasteiger partial charge in [-0.3, -0.25) is 4.79 Å². The molecule has 0 unspecified atom stereocenters. The summed E-state index contributed by atoms with van der Waals surface area (Å²) in [6, 6.07) is 3.81. The van der Waals surface area contributed by atoms with E-state index >= 15 is 0 Å². The summed E-state index contributed by atoms with van der Waals surface area (Å²) in [7, 11) is 0. The Morgan fingerprint density at radius 1 is 1.36 bits per heavy atom. The molecule has 0 aromatic heterocycles. The lowest BCUT2D eigenvalue weighted by atomic mass is 10.2. The van der Waals surface area contributed by atoms with E-state index in [9.17, 15) is 4.79 Å². The van der Waals surface area contributed by atoms with Crippen molar-refractivity contribution in [3.63, 3.8) is 0 Å². The van der Waals surface area contributed by atoms with Crippen LogP contribution in [0.2, 0.25) is 0 Å². The second-order valence-electron chi connectivity index (χ2n) is 1.93. The van der Waals surface area contributed by atoms with Gasteiger partial charge in [-0.05, 0) is 6.42 Å². The molecule has 0 bridgehead atoms. The fourth-order valence-electron chi connectivity index (χ4n) is 0.575. The molecular formula is C8H8N2O. The minimum Gasteiger partial charge on any atom is -0.298 e. The van der Waals surface area contributed by atoms with Crippen LogP contribution >= 0.6 is 0 Å². The molecular weight excluding hydrogens is 140 g/mol. The Balaban J connectivity index is 3.84. The van der Waals surface area contributed by atoms with Crippen molar-refractivity contribution in [2.45, 2.75) is 19.3 Å². The third kappa shape index (κ3) is 4.87. The molecule has 0 aliphatic rings. The van der Waals surface area contributed by atoms with Gasteiger partial charge < -0.3 is 0 Å². The molecule has 0 spiro atoms. The maximum Gasteiger partial charge on any atom is 0.146 e. The highest BCUT2D eigenvalue weighted by Gasteiger charge is 1.91. The van der Waals surface area contributed by atoms with Crippen LogP contribution in [0.1, 0.15) is 19.3 Å². The maximum absolute atomic E-state index is 10.2. The second kappa shape index (κ2) is 6.51. The highest BCUT2D eigenvalue weighted by Crippen LogP contribution is 1.99. The van der Waals surface area contributed by atoms with Crippen LogP contribution in [0.5, 0.6) is 0 Å². The van der Waals surface area contributed by atoms with Crippen LogP contribution < -0.4 is 0 Å². The molecule has 0 saturated heterocycles. The van der Waals surface area contributed by atoms with Gasteiger partial charge in [-0.2, -0.15) is 10.5 Å². The first-order valence-electron chi connectivity index (χ1n) is 3.23. The fraction of sp³-hybridized carbons (Fsp3) is 0.375. The lowest BCUT2D eigenvalue weighted by molar-refractivity contribution is -0.105. The molecule has 0 aromatic rings. The third-order valence-corrected chi connectivity index (χ3v) is 1.10. The molecule has 0 saturated carbocycles. The van der Waals surface area contributed by atoms with Crippen LogP contribution in [-0.4, -0.2) is 6.29 Å². The summed E-state index contributed by atoms with van der Waals surface area (Å²) >= 11 is 0. The molecule has 0 N–H and O–H groups in total. The average molecular weight is 148 g/mol. The van der Waals surface area contributed by atoms with Crippen LogP contribution in [0.25, 0.3) is 0 Å². The first-order valence-corrected chi connectivity index (χ1v) is 3.23. The lowest BCUT2D eigenvalue weighted by Crippen LogP contribution is -1.82. The number of unbranched alkanes of at least 4 members (excludes halogenated alkanes) is 1. The van der Waals surface area contributed by atoms with Crippen molar-refractivity contribution in [2.75, 3.05) is 0 Å². The van der Waals surface area contributed by atoms with E-state index < -0.39 is 0 Å². The first-order chi connectivity index (χ1) is 5.35. The largest absolute Gasteiger partial charge is 0.298 e. The SMILES string of the molecule is N#CCC/C=C(\C=O)CC#N. The number of hydrogen-bond acceptors (Lipinski definition) is 3. The number of nitriles is 2. The zero-order valence-corrected chi connectivity index (χ0v) is 6.08. The highest BCUT2D eigenvalue weighted by atomic mass is 16.1. The van der Waals surface area contributed by atoms with Crippen LogP contribution in [0.3, 0.4) is 0 Å². The molecule has 0 aromatic carbocycles. The molecule has 0 amide bonds. The van der Waals surface area contributed by atoms with E-state index in [4.69, 9.17) is 10.5 Å². The summed E-state index contributed by atoms with van der Waals surface area (Å²) in [4.78, 5) is 10.2. The number of aldehydes is 1. The minimum atomic E-state index is 0.134. The predicted molar refractivity (Wildman–Crippen MR) is 39.2 cm³/mol. The van der Waals surface area contributed by atoms with E-state index in [0.717, 1.165) is 0 Å². The number of carbonyl (C=O) groups excluding carboxylic acids is 1. The highest BCUT2D eigenvalue weighted by molar-refractivity contribution is 5.73. The van der Waals surface area contributed by atoms with Gasteiger partial charge in [0, 0.05) is 12.0 Å². The summed E-state index contributed by atoms with van der Waals surface area (Å²) in [6.45, 7) is 0. The van der Waals surface area contributed by atoms with Crippen molar-refractivity contribution in [3.05, 3.63) is 11.6 Å². The molecule has 0 heterocycles. The number of hydrogen-bond donors (Lipinski definition) is 0. The van der Waals surface area contributed by atoms with E-state index in [-0.39, 0.29) is 6.42 Å². The van der Waals surface area contributed by atoms with Gasteiger partial charge >= 0.3 is 0 Å². The van der Waals surface area contributed by atoms with Crippen molar-refractivity contribution >= 4 is 6.29 Å². The monoisotopic (exact) mass is 148 g/mol. The van der Waals surface area contributed by atoms with Gasteiger partial charge in [-0.1, -0.05) is 6.08 Å². The third-order valence-electron chi connectivity index (χ3n) is 1.10. The Bertz CT molecular complexity index is 229. The summed E-state index contributed by atoms with van der Waals surface area (Å²) < 4.78 is 0. The Morgan fingerprint density at radius 2 is 2.09 bits per heavy atom. The number of allylic oxidation sites excluding steroid dienone is 2. The molecule has 56 valence electrons. The van der Waals surface area contributed by atoms with E-state index in [1.54, 1.807) is 6.08 Å². The molecule has 0 aliphatic carbocycles. The average Bonchev–Trinajstić information content (AvgIpc) is 2.03. The number of rotatable bonds is 4. The second-order valence-corrected chi connectivity index (χ2v) is 1.93. The summed E-state index contributed by atoms with van der Waals surface area (Å²) in [5.41, 5.74) is 0.461. The van der Waals surface area contributed by atoms with E-state index in [2.05, 4.69) is 0 Å². The zero-order chi connectivity index (χ0) is 8.53. The first kappa shape index (κ1) is 9.39. The lowest BCUT2D eigenvalue weighted by Gasteiger charge is -1.87. The van der Waals surface area contributed by atoms with Gasteiger partial charge in [0.05, 0.1) is 18.6 Å². The summed E-state index contributed by atoms with van der Waals surface area (Å²) in [6.07, 6.45) is 3.35. The number of nitrogens with zero attached hydrogens (tertiary/aromatic N) is 2. The van der Waals surface area contributed by atoms with Gasteiger partial charge in [-0.25, -0.2) is 0 Å². The molecule has 3 nitrogen and oxygen atoms in total. The molecule has 0 aliphatic heterocycles. The Hall–Kier alpha value is -1.61. The molecule has 0 fully saturated rings. The van der Waals surface area contributed by atoms with Crippen LogP contribution in [0, 0.1) is 22.7 Å². The van der Waals surface area contributed by atoms with Gasteiger partial charge in [0.2, 0.25) is 0 Å². The van der Waals surface area contributed by atoms with Crippen LogP contribution in [0.4, 0.5) is 0 Å². The van der Waals surface area contributed by atoms with Gasteiger partial charge in [0.25, 0.3) is 0 Å². The van der Waals surface area contributed by atoms with Gasteiger partial charge in [0.15, 0.2) is 0 Å². The Kier molecular flexibility index (Phi) is 5.56. The molecule has 11 heavy (non-hydrogen) atoms. The fourth-order valence-corrected chi connectivity index (χ4v) is 0.575. The molecule has 3 heteroatoms. The van der Waals surface area contributed by atoms with E-state index in [0.29, 0.717) is 24.7 Å². The molecule has 0 atom stereocenters. The van der Waals surface area contributed by atoms with Crippen molar-refractivity contribution in [1.29, 1.82) is 10.5 Å². The van der Waals surface area contributed by atoms with Crippen LogP contribution in [0.15, 0.2) is 11.6 Å². The van der Waals surface area contributed by atoms with Crippen molar-refractivity contribution in [3.8, 4) is 12.1 Å². The minimum absolute atomic E-state index is 0.134. The Labute approximate surface area is 65.6 Å². The van der Waals surface area contributed by atoms with E-state index in [1.165, 1.54) is 0 Å². The van der Waals surface area contributed by atoms with Crippen molar-refractivity contribution < 1.29 is 4.79 Å². The normalized spacial score (nSPS) is 9.82. The summed E-state index contributed by atoms with van der Waals surface area (Å²) in [5, 5.41) is 16.4. The standard InChI is InChI=1S/C8H8N2O/c9-5-2-1-3-8(7-11)4-6-10/h3,7H,1-2,4H2/b8-3-. The maximum atomic E-state index is 10.2. The predicted octanol–water partition coefficient (Wildman–Crippen LogP) is 1.33. The zero-order valence-electron chi connectivity index (χ0n) is 6.08. The van der Waals surface area contributed by atoms with Crippen molar-refractivity contribution in [1.82, 2.24) is 0 Å². The van der Waals surface area contributed by atoms with Crippen molar-refractivity contribution in [2.24, 2.45) is 0 Å². The summed E-state index contributed by atoms with van der Waals surface area (Å²) in [5.74, 6) is 0. The topological polar surface area (TPSA) is 64.7 Å². The Morgan fingerprint density at radius 3 is 2.55 bits per heavy atom. The molecule has 0 radical (unpaired) electrons. The molecule has 0 rings (SSSR count). The van der Waals surface area contributed by atoms with Gasteiger partial charge in [-0.15, -0.1) is 0 Å².